The van der Waals surface area contributed by atoms with E-state index in [1.165, 1.54) is 5.56 Å². The topological polar surface area (TPSA) is 17.1 Å². The summed E-state index contributed by atoms with van der Waals surface area (Å²) in [5, 5.41) is 0.971. The average Bonchev–Trinajstić information content (AvgIpc) is 2.29. The number of hydrogen-bond donors (Lipinski definition) is 0. The first-order valence-corrected chi connectivity index (χ1v) is 7.73. The predicted octanol–water partition coefficient (Wildman–Crippen LogP) is 4.68. The summed E-state index contributed by atoms with van der Waals surface area (Å²) in [4.78, 5) is 11.7. The van der Waals surface area contributed by atoms with Gasteiger partial charge in [0.15, 0.2) is 5.78 Å². The number of thioether (sulfide) groups is 2. The average molecular weight is 285 g/mol. The van der Waals surface area contributed by atoms with E-state index >= 15 is 0 Å². The van der Waals surface area contributed by atoms with Gasteiger partial charge in [-0.2, -0.15) is 0 Å². The Morgan fingerprint density at radius 2 is 2.12 bits per heavy atom. The molecule has 1 atom stereocenters. The fourth-order valence-electron chi connectivity index (χ4n) is 1.67. The normalized spacial score (nSPS) is 20.2. The Hall–Kier alpha value is -0.380. The third-order valence-electron chi connectivity index (χ3n) is 2.45. The van der Waals surface area contributed by atoms with Crippen LogP contribution in [0.1, 0.15) is 24.2 Å². The van der Waals surface area contributed by atoms with Gasteiger partial charge in [-0.15, -0.1) is 23.5 Å². The molecule has 1 aromatic carbocycles. The Kier molecular flexibility index (Phi) is 4.60. The Balaban J connectivity index is 2.15. The summed E-state index contributed by atoms with van der Waals surface area (Å²) in [7, 11) is 0. The lowest BCUT2D eigenvalue weighted by molar-refractivity contribution is -0.114. The van der Waals surface area contributed by atoms with Crippen molar-refractivity contribution in [1.82, 2.24) is 0 Å². The van der Waals surface area contributed by atoms with Crippen molar-refractivity contribution in [1.29, 1.82) is 0 Å². The van der Waals surface area contributed by atoms with E-state index in [1.54, 1.807) is 29.6 Å². The molecule has 0 radical (unpaired) electrons. The minimum atomic E-state index is 0.222. The molecule has 0 spiro atoms. The Labute approximate surface area is 115 Å². The van der Waals surface area contributed by atoms with E-state index in [9.17, 15) is 4.79 Å². The van der Waals surface area contributed by atoms with Gasteiger partial charge >= 0.3 is 0 Å². The number of allylic oxidation sites excluding steroid dienone is 1. The molecule has 1 aliphatic heterocycles. The summed E-state index contributed by atoms with van der Waals surface area (Å²) in [5.41, 5.74) is 1.18. The fraction of sp³-hybridized carbons (Fsp3) is 0.308. The van der Waals surface area contributed by atoms with Gasteiger partial charge in [0.25, 0.3) is 0 Å². The quantitative estimate of drug-likeness (QED) is 0.802. The van der Waals surface area contributed by atoms with E-state index in [1.807, 2.05) is 24.3 Å². The summed E-state index contributed by atoms with van der Waals surface area (Å²) < 4.78 is 1.13. The van der Waals surface area contributed by atoms with Crippen LogP contribution in [-0.2, 0) is 4.79 Å². The van der Waals surface area contributed by atoms with Crippen molar-refractivity contribution in [3.8, 4) is 0 Å². The lowest BCUT2D eigenvalue weighted by atomic mass is 10.1. The maximum atomic E-state index is 11.7. The molecule has 1 heterocycles. The second-order valence-electron chi connectivity index (χ2n) is 3.72. The highest BCUT2D eigenvalue weighted by atomic mass is 35.5. The smallest absolute Gasteiger partial charge is 0.158 e. The van der Waals surface area contributed by atoms with E-state index < -0.39 is 0 Å². The molecule has 0 aromatic heterocycles. The number of halogens is 1. The van der Waals surface area contributed by atoms with Gasteiger partial charge in [0.05, 0.1) is 0 Å². The van der Waals surface area contributed by atoms with Crippen molar-refractivity contribution in [2.45, 2.75) is 18.6 Å². The van der Waals surface area contributed by atoms with Gasteiger partial charge in [-0.1, -0.05) is 30.7 Å². The van der Waals surface area contributed by atoms with Crippen molar-refractivity contribution in [2.24, 2.45) is 0 Å². The molecule has 0 aliphatic carbocycles. The van der Waals surface area contributed by atoms with Gasteiger partial charge in [-0.3, -0.25) is 4.79 Å². The van der Waals surface area contributed by atoms with E-state index in [0.717, 1.165) is 15.0 Å². The van der Waals surface area contributed by atoms with Crippen LogP contribution in [0.15, 0.2) is 34.6 Å². The SMILES string of the molecule is CCSC1=CC(=O)CC(c2ccc(Cl)cc2)S1. The molecule has 1 nitrogen and oxygen atoms in total. The first kappa shape index (κ1) is 13.1. The molecule has 90 valence electrons. The highest BCUT2D eigenvalue weighted by Crippen LogP contribution is 2.45. The van der Waals surface area contributed by atoms with Crippen LogP contribution in [0, 0.1) is 0 Å². The third kappa shape index (κ3) is 3.54. The minimum absolute atomic E-state index is 0.222. The molecule has 0 saturated carbocycles. The van der Waals surface area contributed by atoms with Crippen LogP contribution in [0.2, 0.25) is 5.02 Å². The summed E-state index contributed by atoms with van der Waals surface area (Å²) in [6, 6.07) is 7.78. The van der Waals surface area contributed by atoms with Crippen LogP contribution in [0.25, 0.3) is 0 Å². The van der Waals surface area contributed by atoms with Crippen LogP contribution in [0.5, 0.6) is 0 Å². The highest BCUT2D eigenvalue weighted by molar-refractivity contribution is 8.22. The molecule has 1 aromatic rings. The van der Waals surface area contributed by atoms with E-state index in [0.29, 0.717) is 6.42 Å². The zero-order chi connectivity index (χ0) is 12.3. The molecule has 0 fully saturated rings. The van der Waals surface area contributed by atoms with E-state index in [-0.39, 0.29) is 11.0 Å². The minimum Gasteiger partial charge on any atom is -0.295 e. The molecule has 0 N–H and O–H groups in total. The van der Waals surface area contributed by atoms with Gasteiger partial charge in [0.2, 0.25) is 0 Å². The van der Waals surface area contributed by atoms with Crippen LogP contribution in [0.3, 0.4) is 0 Å². The van der Waals surface area contributed by atoms with Crippen molar-refractivity contribution in [2.75, 3.05) is 5.75 Å². The summed E-state index contributed by atoms with van der Waals surface area (Å²) in [6.07, 6.45) is 2.35. The van der Waals surface area contributed by atoms with Crippen LogP contribution >= 0.6 is 35.1 Å². The van der Waals surface area contributed by atoms with Crippen molar-refractivity contribution < 1.29 is 4.79 Å². The van der Waals surface area contributed by atoms with E-state index in [2.05, 4.69) is 6.92 Å². The third-order valence-corrected chi connectivity index (χ3v) is 5.11. The van der Waals surface area contributed by atoms with E-state index in [4.69, 9.17) is 11.6 Å². The summed E-state index contributed by atoms with van der Waals surface area (Å²) in [6.45, 7) is 2.10. The van der Waals surface area contributed by atoms with Crippen molar-refractivity contribution >= 4 is 40.9 Å². The second kappa shape index (κ2) is 5.98. The molecular formula is C13H13ClOS2. The van der Waals surface area contributed by atoms with Crippen molar-refractivity contribution in [3.63, 3.8) is 0 Å². The zero-order valence-electron chi connectivity index (χ0n) is 9.48. The Morgan fingerprint density at radius 3 is 2.76 bits per heavy atom. The lowest BCUT2D eigenvalue weighted by Gasteiger charge is -2.21. The first-order valence-electron chi connectivity index (χ1n) is 5.48. The Morgan fingerprint density at radius 1 is 1.41 bits per heavy atom. The largest absolute Gasteiger partial charge is 0.295 e. The molecular weight excluding hydrogens is 272 g/mol. The van der Waals surface area contributed by atoms with Crippen LogP contribution in [-0.4, -0.2) is 11.5 Å². The maximum absolute atomic E-state index is 11.7. The predicted molar refractivity (Wildman–Crippen MR) is 77.6 cm³/mol. The molecule has 4 heteroatoms. The first-order chi connectivity index (χ1) is 8.19. The lowest BCUT2D eigenvalue weighted by Crippen LogP contribution is -2.07. The number of ketones is 1. The number of benzene rings is 1. The van der Waals surface area contributed by atoms with Crippen LogP contribution < -0.4 is 0 Å². The Bertz CT molecular complexity index is 439. The van der Waals surface area contributed by atoms with Gasteiger partial charge < -0.3 is 0 Å². The summed E-state index contributed by atoms with van der Waals surface area (Å²) in [5.74, 6) is 1.22. The molecule has 1 aliphatic rings. The molecule has 17 heavy (non-hydrogen) atoms. The molecule has 0 saturated heterocycles. The van der Waals surface area contributed by atoms with Crippen molar-refractivity contribution in [3.05, 3.63) is 45.2 Å². The van der Waals surface area contributed by atoms with Gasteiger partial charge in [0, 0.05) is 27.0 Å². The highest BCUT2D eigenvalue weighted by Gasteiger charge is 2.22. The monoisotopic (exact) mass is 284 g/mol. The number of carbonyl (C=O) groups is 1. The number of rotatable bonds is 3. The number of carbonyl (C=O) groups excluding carboxylic acids is 1. The molecule has 1 unspecified atom stereocenters. The summed E-state index contributed by atoms with van der Waals surface area (Å²) >= 11 is 9.38. The van der Waals surface area contributed by atoms with Gasteiger partial charge in [-0.25, -0.2) is 0 Å². The number of hydrogen-bond acceptors (Lipinski definition) is 3. The molecule has 0 amide bonds. The van der Waals surface area contributed by atoms with Crippen LogP contribution in [0.4, 0.5) is 0 Å². The standard InChI is InChI=1S/C13H13ClOS2/c1-2-16-13-8-11(15)7-12(17-13)9-3-5-10(14)6-4-9/h3-6,8,12H,2,7H2,1H3. The maximum Gasteiger partial charge on any atom is 0.158 e. The van der Waals surface area contributed by atoms with Gasteiger partial charge in [0.1, 0.15) is 0 Å². The molecule has 2 rings (SSSR count). The second-order valence-corrected chi connectivity index (χ2v) is 6.97. The van der Waals surface area contributed by atoms with Gasteiger partial charge in [-0.05, 0) is 23.4 Å². The zero-order valence-corrected chi connectivity index (χ0v) is 11.9. The fourth-order valence-corrected chi connectivity index (χ4v) is 4.29. The molecule has 0 bridgehead atoms.